The van der Waals surface area contributed by atoms with Gasteiger partial charge in [0.15, 0.2) is 27.1 Å². The highest BCUT2D eigenvalue weighted by Gasteiger charge is 2.32. The second-order valence-corrected chi connectivity index (χ2v) is 11.6. The van der Waals surface area contributed by atoms with E-state index in [2.05, 4.69) is 22.3 Å². The van der Waals surface area contributed by atoms with Crippen LogP contribution in [0.2, 0.25) is 0 Å². The van der Waals surface area contributed by atoms with Gasteiger partial charge < -0.3 is 20.3 Å². The Morgan fingerprint density at radius 3 is 2.58 bits per heavy atom. The average Bonchev–Trinajstić information content (AvgIpc) is 3.51. The lowest BCUT2D eigenvalue weighted by atomic mass is 9.92. The molecule has 3 aromatic rings. The average molecular weight is 602 g/mol. The molecule has 2 aliphatic rings. The van der Waals surface area contributed by atoms with E-state index in [1.807, 2.05) is 65.1 Å². The zero-order valence-corrected chi connectivity index (χ0v) is 22.7. The van der Waals surface area contributed by atoms with E-state index in [4.69, 9.17) is 20.0 Å². The number of fused-ring (bicyclic) bond motifs is 1. The molecule has 188 valence electrons. The van der Waals surface area contributed by atoms with Crippen LogP contribution in [0.25, 0.3) is 11.1 Å². The number of amidine groups is 1. The predicted molar refractivity (Wildman–Crippen MR) is 147 cm³/mol. The highest BCUT2D eigenvalue weighted by atomic mass is 127. The monoisotopic (exact) mass is 602 g/mol. The van der Waals surface area contributed by atoms with E-state index in [0.29, 0.717) is 29.7 Å². The number of halogens is 1. The smallest absolute Gasteiger partial charge is 0.326 e. The molecule has 2 aromatic heterocycles. The number of benzene rings is 1. The minimum Gasteiger partial charge on any atom is -0.475 e. The predicted octanol–water partition coefficient (Wildman–Crippen LogP) is 5.19. The van der Waals surface area contributed by atoms with Gasteiger partial charge in [0, 0.05) is 28.9 Å². The number of carbonyl (C=O) groups is 1. The van der Waals surface area contributed by atoms with Crippen molar-refractivity contribution in [2.45, 2.75) is 45.6 Å². The summed E-state index contributed by atoms with van der Waals surface area (Å²) in [5, 5.41) is 9.49. The number of nitrogens with one attached hydrogen (secondary N) is 2. The van der Waals surface area contributed by atoms with E-state index in [1.54, 1.807) is 10.7 Å². The van der Waals surface area contributed by atoms with Gasteiger partial charge in [0.05, 0.1) is 16.8 Å². The largest absolute Gasteiger partial charge is 0.475 e. The summed E-state index contributed by atoms with van der Waals surface area (Å²) in [5.74, 6) is 1.28. The number of ether oxygens (including phenoxy) is 1. The van der Waals surface area contributed by atoms with Gasteiger partial charge in [-0.05, 0) is 31.5 Å². The number of nitrogens with two attached hydrogens (primary N) is 1. The van der Waals surface area contributed by atoms with Crippen molar-refractivity contribution in [3.63, 3.8) is 0 Å². The minimum atomic E-state index is -0.755. The summed E-state index contributed by atoms with van der Waals surface area (Å²) in [4.78, 5) is 17.2. The molecule has 0 unspecified atom stereocenters. The molecular weight excluding hydrogens is 575 g/mol. The SMILES string of the molecule is CC1(C)COC(c2cn3c(c2-c2ccc(NC(=O)Nc4cc(C(C)(C)C)no4)cc2)C(N)=NI=N3)=N1. The molecule has 2 aliphatic heterocycles. The molecule has 36 heavy (non-hydrogen) atoms. The van der Waals surface area contributed by atoms with Gasteiger partial charge in [0.25, 0.3) is 0 Å². The molecule has 0 bridgehead atoms. The number of hydrogen-bond donors (Lipinski definition) is 3. The number of aliphatic imine (C=N–C) groups is 1. The van der Waals surface area contributed by atoms with Crippen LogP contribution >= 0.6 is 21.3 Å². The fourth-order valence-corrected chi connectivity index (χ4v) is 4.90. The zero-order chi connectivity index (χ0) is 25.7. The van der Waals surface area contributed by atoms with Crippen LogP contribution in [-0.2, 0) is 10.2 Å². The van der Waals surface area contributed by atoms with Crippen molar-refractivity contribution >= 4 is 50.6 Å². The van der Waals surface area contributed by atoms with Crippen molar-refractivity contribution in [1.82, 2.24) is 9.83 Å². The number of hydrogen-bond acceptors (Lipinski definition) is 8. The van der Waals surface area contributed by atoms with E-state index < -0.39 is 27.3 Å². The van der Waals surface area contributed by atoms with Gasteiger partial charge in [-0.3, -0.25) is 5.32 Å². The first-order valence-corrected chi connectivity index (χ1v) is 13.3. The van der Waals surface area contributed by atoms with Crippen LogP contribution in [-0.4, -0.2) is 39.7 Å². The summed E-state index contributed by atoms with van der Waals surface area (Å²) in [6.07, 6.45) is 1.90. The molecule has 11 nitrogen and oxygen atoms in total. The minimum absolute atomic E-state index is 0.180. The van der Waals surface area contributed by atoms with Crippen LogP contribution in [0, 0.1) is 0 Å². The maximum atomic E-state index is 12.5. The van der Waals surface area contributed by atoms with E-state index >= 15 is 0 Å². The molecule has 0 saturated carbocycles. The molecule has 0 spiro atoms. The van der Waals surface area contributed by atoms with Crippen LogP contribution in [0.1, 0.15) is 51.6 Å². The maximum Gasteiger partial charge on any atom is 0.326 e. The molecule has 0 radical (unpaired) electrons. The summed E-state index contributed by atoms with van der Waals surface area (Å²) < 4.78 is 21.9. The van der Waals surface area contributed by atoms with Crippen molar-refractivity contribution in [3.05, 3.63) is 53.5 Å². The van der Waals surface area contributed by atoms with E-state index in [-0.39, 0.29) is 16.8 Å². The lowest BCUT2D eigenvalue weighted by Gasteiger charge is -2.12. The van der Waals surface area contributed by atoms with E-state index in [9.17, 15) is 4.79 Å². The molecule has 1 aromatic carbocycles. The Morgan fingerprint density at radius 1 is 1.19 bits per heavy atom. The molecule has 12 heteroatoms. The first-order valence-electron chi connectivity index (χ1n) is 11.3. The molecule has 2 amide bonds. The number of urea groups is 1. The number of carbonyl (C=O) groups excluding carboxylic acids is 1. The van der Waals surface area contributed by atoms with E-state index in [0.717, 1.165) is 22.4 Å². The van der Waals surface area contributed by atoms with Crippen molar-refractivity contribution in [2.24, 2.45) is 17.2 Å². The normalized spacial score (nSPS) is 16.4. The van der Waals surface area contributed by atoms with Crippen LogP contribution in [0.15, 0.2) is 52.5 Å². The summed E-state index contributed by atoms with van der Waals surface area (Å²) >= 11 is -0.755. The Labute approximate surface area is 218 Å². The van der Waals surface area contributed by atoms with Crippen molar-refractivity contribution < 1.29 is 14.1 Å². The highest BCUT2D eigenvalue weighted by Crippen LogP contribution is 2.36. The zero-order valence-electron chi connectivity index (χ0n) is 20.6. The number of amides is 2. The fraction of sp³-hybridized carbons (Fsp3) is 0.333. The first-order chi connectivity index (χ1) is 17.0. The Morgan fingerprint density at radius 2 is 1.94 bits per heavy atom. The molecular formula is C24H27IN8O3. The van der Waals surface area contributed by atoms with Gasteiger partial charge in [-0.15, -0.1) is 3.25 Å². The van der Waals surface area contributed by atoms with Crippen LogP contribution in [0.3, 0.4) is 0 Å². The number of rotatable bonds is 4. The van der Waals surface area contributed by atoms with Gasteiger partial charge in [0.2, 0.25) is 11.8 Å². The third kappa shape index (κ3) is 4.76. The summed E-state index contributed by atoms with van der Waals surface area (Å²) in [5.41, 5.74) is 10.4. The van der Waals surface area contributed by atoms with Gasteiger partial charge in [-0.25, -0.2) is 14.5 Å². The van der Waals surface area contributed by atoms with Crippen molar-refractivity contribution in [3.8, 4) is 11.1 Å². The third-order valence-corrected chi connectivity index (χ3v) is 7.01. The van der Waals surface area contributed by atoms with Gasteiger partial charge in [0.1, 0.15) is 12.3 Å². The number of nitrogens with zero attached hydrogens (tertiary/aromatic N) is 5. The van der Waals surface area contributed by atoms with Gasteiger partial charge in [-0.2, -0.15) is 3.21 Å². The standard InChI is InChI=1S/C24H27IN8O3/c1-23(2,3)16-10-17(36-31-16)28-22(34)27-14-8-6-13(7-9-14)18-15(21-29-24(4,5)12-35-21)11-33-19(18)20(26)30-25-32-33/h6-11H,12H2,1-5H3,(H2,26,30,32)(H2,27,28,34). The number of anilines is 2. The Kier molecular flexibility index (Phi) is 5.93. The topological polar surface area (TPSA) is 144 Å². The lowest BCUT2D eigenvalue weighted by Crippen LogP contribution is -2.19. The Bertz CT molecular complexity index is 1420. The summed E-state index contributed by atoms with van der Waals surface area (Å²) in [6.45, 7) is 10.6. The Balaban J connectivity index is 1.40. The molecule has 4 heterocycles. The Hall–Kier alpha value is -3.55. The van der Waals surface area contributed by atoms with Crippen molar-refractivity contribution in [2.75, 3.05) is 17.2 Å². The number of aromatic nitrogens is 2. The fourth-order valence-electron chi connectivity index (χ4n) is 3.79. The lowest BCUT2D eigenvalue weighted by molar-refractivity contribution is 0.261. The molecule has 4 N–H and O–H groups in total. The quantitative estimate of drug-likeness (QED) is 0.352. The van der Waals surface area contributed by atoms with Crippen LogP contribution in [0.4, 0.5) is 16.4 Å². The van der Waals surface area contributed by atoms with Gasteiger partial charge >= 0.3 is 6.03 Å². The maximum absolute atomic E-state index is 12.5. The molecule has 0 aliphatic carbocycles. The van der Waals surface area contributed by atoms with Crippen LogP contribution < -0.4 is 16.4 Å². The highest BCUT2D eigenvalue weighted by molar-refractivity contribution is 14.1. The summed E-state index contributed by atoms with van der Waals surface area (Å²) in [7, 11) is 0. The molecule has 0 atom stereocenters. The van der Waals surface area contributed by atoms with Crippen LogP contribution in [0.5, 0.6) is 0 Å². The summed E-state index contributed by atoms with van der Waals surface area (Å²) in [6, 6.07) is 8.71. The molecule has 0 fully saturated rings. The first kappa shape index (κ1) is 24.2. The third-order valence-electron chi connectivity index (χ3n) is 5.62. The molecule has 0 saturated heterocycles. The second kappa shape index (κ2) is 8.84. The van der Waals surface area contributed by atoms with Crippen molar-refractivity contribution in [1.29, 1.82) is 0 Å². The second-order valence-electron chi connectivity index (χ2n) is 10.2. The molecule has 5 rings (SSSR count). The van der Waals surface area contributed by atoms with Gasteiger partial charge in [-0.1, -0.05) is 38.1 Å². The van der Waals surface area contributed by atoms with E-state index in [1.165, 1.54) is 0 Å².